The number of pyridine rings is 3. The lowest BCUT2D eigenvalue weighted by Crippen LogP contribution is -2.42. The summed E-state index contributed by atoms with van der Waals surface area (Å²) in [4.78, 5) is 72.1. The van der Waals surface area contributed by atoms with Crippen LogP contribution in [0, 0.1) is 17.2 Å². The van der Waals surface area contributed by atoms with E-state index >= 15 is 0 Å². The lowest BCUT2D eigenvalue weighted by Gasteiger charge is -2.32. The Balaban J connectivity index is 0.000000200. The first-order valence-electron chi connectivity index (χ1n) is 24.8. The third-order valence-electron chi connectivity index (χ3n) is 14.0. The summed E-state index contributed by atoms with van der Waals surface area (Å²) >= 11 is 0. The summed E-state index contributed by atoms with van der Waals surface area (Å²) in [6.45, 7) is 8.02. The Morgan fingerprint density at radius 2 is 1.36 bits per heavy atom. The van der Waals surface area contributed by atoms with Crippen LogP contribution < -0.4 is 19.9 Å². The number of fused-ring (bicyclic) bond motifs is 2. The van der Waals surface area contributed by atoms with Gasteiger partial charge in [0.2, 0.25) is 11.8 Å². The average Bonchev–Trinajstić information content (AvgIpc) is 3.86. The number of nitriles is 1. The Morgan fingerprint density at radius 3 is 1.92 bits per heavy atom. The number of methoxy groups -OCH3 is 3. The van der Waals surface area contributed by atoms with E-state index in [1.165, 1.54) is 6.20 Å². The number of aromatic nitrogens is 3. The van der Waals surface area contributed by atoms with Gasteiger partial charge >= 0.3 is 12.1 Å². The summed E-state index contributed by atoms with van der Waals surface area (Å²) in [5.41, 5.74) is 6.57. The molecule has 4 aromatic rings. The summed E-state index contributed by atoms with van der Waals surface area (Å²) in [6, 6.07) is 16.8. The van der Waals surface area contributed by atoms with E-state index in [9.17, 15) is 24.4 Å². The van der Waals surface area contributed by atoms with Crippen LogP contribution >= 0.6 is 0 Å². The maximum absolute atomic E-state index is 13.6. The Hall–Kier alpha value is -6.56. The van der Waals surface area contributed by atoms with Crippen molar-refractivity contribution in [3.05, 3.63) is 99.5 Å². The molecule has 1 aliphatic carbocycles. The van der Waals surface area contributed by atoms with E-state index in [4.69, 9.17) is 38.4 Å². The van der Waals surface area contributed by atoms with Crippen LogP contribution in [0.15, 0.2) is 54.7 Å². The molecule has 0 spiro atoms. The molecule has 5 amide bonds. The number of para-hydroxylation sites is 1. The zero-order valence-corrected chi connectivity index (χ0v) is 41.9. The molecule has 3 unspecified atom stereocenters. The number of rotatable bonds is 13. The molecule has 19 nitrogen and oxygen atoms in total. The fourth-order valence-corrected chi connectivity index (χ4v) is 10.0. The molecule has 7 heterocycles. The van der Waals surface area contributed by atoms with Gasteiger partial charge in [0.05, 0.1) is 48.5 Å². The molecule has 2 saturated heterocycles. The highest BCUT2D eigenvalue weighted by Gasteiger charge is 2.33. The summed E-state index contributed by atoms with van der Waals surface area (Å²) in [5.74, 6) is 2.33. The number of ether oxygens (including phenoxy) is 6. The van der Waals surface area contributed by atoms with Crippen molar-refractivity contribution in [1.29, 1.82) is 5.26 Å². The molecule has 0 radical (unpaired) electrons. The Kier molecular flexibility index (Phi) is 17.4. The molecular weight excluding hydrogens is 923 g/mol. The van der Waals surface area contributed by atoms with Crippen LogP contribution in [0.25, 0.3) is 0 Å². The predicted octanol–water partition coefficient (Wildman–Crippen LogP) is 6.86. The summed E-state index contributed by atoms with van der Waals surface area (Å²) < 4.78 is 32.9. The molecule has 382 valence electrons. The highest BCUT2D eigenvalue weighted by Crippen LogP contribution is 2.35. The number of benzene rings is 1. The van der Waals surface area contributed by atoms with Crippen LogP contribution in [-0.4, -0.2) is 129 Å². The van der Waals surface area contributed by atoms with Gasteiger partial charge in [0.25, 0.3) is 0 Å². The zero-order chi connectivity index (χ0) is 50.7. The second-order valence-electron chi connectivity index (χ2n) is 18.7. The van der Waals surface area contributed by atoms with Gasteiger partial charge in [-0.05, 0) is 123 Å². The molecule has 72 heavy (non-hydrogen) atoms. The van der Waals surface area contributed by atoms with Gasteiger partial charge in [-0.25, -0.2) is 24.5 Å². The third kappa shape index (κ3) is 12.2. The van der Waals surface area contributed by atoms with E-state index in [1.54, 1.807) is 59.1 Å². The van der Waals surface area contributed by atoms with E-state index in [2.05, 4.69) is 28.5 Å². The number of carbonyl (C=O) groups is 4. The number of morpholine rings is 2. The largest absolute Gasteiger partial charge is 0.420 e. The van der Waals surface area contributed by atoms with Crippen molar-refractivity contribution in [2.24, 2.45) is 5.92 Å². The van der Waals surface area contributed by atoms with Crippen LogP contribution in [0.2, 0.25) is 0 Å². The van der Waals surface area contributed by atoms with Gasteiger partial charge in [0.15, 0.2) is 0 Å². The van der Waals surface area contributed by atoms with Gasteiger partial charge in [-0.2, -0.15) is 5.26 Å². The molecule has 3 aromatic heterocycles. The monoisotopic (exact) mass is 987 g/mol. The molecule has 0 bridgehead atoms. The number of amides is 5. The fraction of sp³-hybridized carbons (Fsp3) is 0.509. The van der Waals surface area contributed by atoms with Gasteiger partial charge in [0.1, 0.15) is 42.5 Å². The predicted molar refractivity (Wildman–Crippen MR) is 265 cm³/mol. The fourth-order valence-electron chi connectivity index (χ4n) is 10.0. The number of aryl methyl sites for hydroxylation is 2. The van der Waals surface area contributed by atoms with E-state index in [1.807, 2.05) is 32.0 Å². The van der Waals surface area contributed by atoms with Gasteiger partial charge in [-0.1, -0.05) is 24.6 Å². The van der Waals surface area contributed by atoms with E-state index in [-0.39, 0.29) is 49.4 Å². The minimum absolute atomic E-state index is 0.0342. The second kappa shape index (κ2) is 24.2. The van der Waals surface area contributed by atoms with Gasteiger partial charge < -0.3 is 38.2 Å². The Labute approximate surface area is 420 Å². The first-order valence-corrected chi connectivity index (χ1v) is 24.8. The van der Waals surface area contributed by atoms with Crippen LogP contribution in [0.4, 0.5) is 27.0 Å². The Bertz CT molecular complexity index is 2630. The normalized spacial score (nSPS) is 19.6. The van der Waals surface area contributed by atoms with Gasteiger partial charge in [0, 0.05) is 66.8 Å². The van der Waals surface area contributed by atoms with Gasteiger partial charge in [-0.3, -0.25) is 24.7 Å². The van der Waals surface area contributed by atoms with Crippen molar-refractivity contribution in [3.8, 4) is 11.8 Å². The first kappa shape index (κ1) is 51.8. The molecular formula is C53H65N9O10. The summed E-state index contributed by atoms with van der Waals surface area (Å²) in [5, 5.41) is 12.6. The van der Waals surface area contributed by atoms with E-state index < -0.39 is 6.09 Å². The van der Waals surface area contributed by atoms with Gasteiger partial charge in [-0.15, -0.1) is 0 Å². The third-order valence-corrected chi connectivity index (χ3v) is 14.0. The SMILES string of the molecule is COC(C)c1nc2c(cc1CN1CCOCC1=O)CCCN2C(=O)Nc1cc(CC2CCC[C@H]2OC)c(C#N)cn1.COC(C)c1nc2c(cc1CN1CCOCC1=O)CCCN2C(=O)Oc1ccccc1. The standard InChI is InChI=1S/C30H38N6O5.C23H27N3O5/c1-19(39-2)28-23(17-35-10-11-41-18-27(35)37)13-21-7-5-9-36(29(21)34-28)30(38)33-26-14-22(24(15-31)16-32-26)12-20-6-4-8-25(20)40-3;1-16(29-2)21-18(14-25-11-12-30-15-20(25)27)13-17-7-6-10-26(22(17)24-21)23(28)31-19-8-4-3-5-9-19/h13-14,16,19-20,25H,4-12,17-18H2,1-3H3,(H,32,33,38);3-5,8-9,13,16H,6-7,10-12,14-15H2,1-2H3/t19?,20?,25-;/m1./s1. The van der Waals surface area contributed by atoms with Crippen molar-refractivity contribution in [1.82, 2.24) is 24.8 Å². The molecule has 1 aromatic carbocycles. The highest BCUT2D eigenvalue weighted by molar-refractivity contribution is 6.01. The summed E-state index contributed by atoms with van der Waals surface area (Å²) in [7, 11) is 4.98. The summed E-state index contributed by atoms with van der Waals surface area (Å²) in [6.07, 6.45) is 7.70. The molecule has 1 N–H and O–H groups in total. The van der Waals surface area contributed by atoms with Crippen LogP contribution in [0.1, 0.15) is 103 Å². The lowest BCUT2D eigenvalue weighted by atomic mass is 9.94. The number of nitrogens with zero attached hydrogens (tertiary/aromatic N) is 8. The average molecular weight is 988 g/mol. The van der Waals surface area contributed by atoms with Crippen molar-refractivity contribution in [3.63, 3.8) is 0 Å². The molecule has 4 aliphatic heterocycles. The highest BCUT2D eigenvalue weighted by atomic mass is 16.6. The molecule has 9 rings (SSSR count). The van der Waals surface area contributed by atoms with Crippen molar-refractivity contribution in [2.45, 2.75) is 96.6 Å². The number of carbonyl (C=O) groups excluding carboxylic acids is 4. The van der Waals surface area contributed by atoms with Crippen molar-refractivity contribution < 1.29 is 47.6 Å². The molecule has 4 atom stereocenters. The molecule has 3 fully saturated rings. The topological polar surface area (TPSA) is 211 Å². The van der Waals surface area contributed by atoms with E-state index in [0.29, 0.717) is 99.3 Å². The van der Waals surface area contributed by atoms with Crippen LogP contribution in [-0.2, 0) is 65.6 Å². The minimum Gasteiger partial charge on any atom is -0.410 e. The molecule has 5 aliphatic rings. The quantitative estimate of drug-likeness (QED) is 0.145. The minimum atomic E-state index is -0.452. The van der Waals surface area contributed by atoms with Crippen LogP contribution in [0.3, 0.4) is 0 Å². The van der Waals surface area contributed by atoms with Crippen molar-refractivity contribution >= 4 is 41.4 Å². The maximum Gasteiger partial charge on any atom is 0.420 e. The smallest absolute Gasteiger partial charge is 0.410 e. The number of anilines is 3. The van der Waals surface area contributed by atoms with Crippen molar-refractivity contribution in [2.75, 3.05) is 89.1 Å². The number of nitrogens with one attached hydrogen (secondary N) is 1. The second-order valence-corrected chi connectivity index (χ2v) is 18.7. The van der Waals surface area contributed by atoms with E-state index in [0.717, 1.165) is 78.5 Å². The Morgan fingerprint density at radius 1 is 0.778 bits per heavy atom. The number of urea groups is 1. The lowest BCUT2D eigenvalue weighted by molar-refractivity contribution is -0.144. The molecule has 1 saturated carbocycles. The number of hydrogen-bond donors (Lipinski definition) is 1. The van der Waals surface area contributed by atoms with Crippen LogP contribution in [0.5, 0.6) is 5.75 Å². The number of hydrogen-bond acceptors (Lipinski definition) is 14. The molecule has 19 heteroatoms. The first-order chi connectivity index (χ1) is 35.0. The zero-order valence-electron chi connectivity index (χ0n) is 41.9. The maximum atomic E-state index is 13.6.